The summed E-state index contributed by atoms with van der Waals surface area (Å²) >= 11 is 0. The van der Waals surface area contributed by atoms with E-state index >= 15 is 0 Å². The number of carbonyl (C=O) groups excluding carboxylic acids is 2. The van der Waals surface area contributed by atoms with E-state index in [1.807, 2.05) is 46.8 Å². The van der Waals surface area contributed by atoms with E-state index in [1.165, 1.54) is 0 Å². The minimum absolute atomic E-state index is 0.00103. The predicted molar refractivity (Wildman–Crippen MR) is 130 cm³/mol. The molecule has 2 saturated heterocycles. The maximum atomic E-state index is 13.1. The van der Waals surface area contributed by atoms with Gasteiger partial charge in [-0.05, 0) is 51.7 Å². The lowest BCUT2D eigenvalue weighted by atomic mass is 9.92. The molecule has 0 atom stereocenters. The van der Waals surface area contributed by atoms with Crippen LogP contribution in [0.4, 0.5) is 5.82 Å². The summed E-state index contributed by atoms with van der Waals surface area (Å²) in [4.78, 5) is 28.6. The molecule has 5 rings (SSSR count). The average molecular weight is 462 g/mol. The lowest BCUT2D eigenvalue weighted by Crippen LogP contribution is -2.47. The van der Waals surface area contributed by atoms with Gasteiger partial charge in [-0.2, -0.15) is 10.2 Å². The van der Waals surface area contributed by atoms with Gasteiger partial charge >= 0.3 is 0 Å². The molecule has 34 heavy (non-hydrogen) atoms. The monoisotopic (exact) mass is 461 g/mol. The third-order valence-corrected chi connectivity index (χ3v) is 7.34. The summed E-state index contributed by atoms with van der Waals surface area (Å²) in [5, 5.41) is 14.9. The highest BCUT2D eigenvalue weighted by Gasteiger charge is 2.33. The summed E-state index contributed by atoms with van der Waals surface area (Å²) in [5.41, 5.74) is 9.19. The molecule has 2 amide bonds. The van der Waals surface area contributed by atoms with Crippen LogP contribution in [0.2, 0.25) is 0 Å². The second kappa shape index (κ2) is 9.04. The van der Waals surface area contributed by atoms with Crippen LogP contribution in [0.15, 0.2) is 30.3 Å². The van der Waals surface area contributed by atoms with Gasteiger partial charge in [0, 0.05) is 38.0 Å². The third-order valence-electron chi connectivity index (χ3n) is 7.34. The number of piperidine rings is 2. The van der Waals surface area contributed by atoms with E-state index in [2.05, 4.69) is 22.0 Å². The van der Waals surface area contributed by atoms with E-state index in [0.29, 0.717) is 25.9 Å². The number of hydrogen-bond acceptors (Lipinski definition) is 6. The maximum Gasteiger partial charge on any atom is 0.225 e. The molecule has 2 fully saturated rings. The molecule has 2 aromatic heterocycles. The number of hydrogen-bond donors (Lipinski definition) is 1. The predicted octanol–water partition coefficient (Wildman–Crippen LogP) is 2.37. The Bertz CT molecular complexity index is 1210. The summed E-state index contributed by atoms with van der Waals surface area (Å²) < 4.78 is 1.95. The van der Waals surface area contributed by atoms with Crippen molar-refractivity contribution < 1.29 is 9.59 Å². The molecule has 178 valence electrons. The minimum atomic E-state index is -0.254. The maximum absolute atomic E-state index is 13.1. The zero-order valence-corrected chi connectivity index (χ0v) is 19.8. The fourth-order valence-electron chi connectivity index (χ4n) is 5.33. The van der Waals surface area contributed by atoms with Crippen LogP contribution >= 0.6 is 0 Å². The molecule has 0 aliphatic carbocycles. The molecular weight excluding hydrogens is 430 g/mol. The lowest BCUT2D eigenvalue weighted by molar-refractivity contribution is -0.139. The van der Waals surface area contributed by atoms with E-state index in [0.717, 1.165) is 59.7 Å². The quantitative estimate of drug-likeness (QED) is 0.639. The molecule has 1 aromatic carbocycles. The zero-order valence-electron chi connectivity index (χ0n) is 19.8. The van der Waals surface area contributed by atoms with Crippen molar-refractivity contribution in [2.75, 3.05) is 31.1 Å². The lowest BCUT2D eigenvalue weighted by Gasteiger charge is -2.37. The summed E-state index contributed by atoms with van der Waals surface area (Å²) in [7, 11) is 0. The number of aromatic nitrogens is 4. The summed E-state index contributed by atoms with van der Waals surface area (Å²) in [6.07, 6.45) is 2.87. The Kier molecular flexibility index (Phi) is 5.93. The summed E-state index contributed by atoms with van der Waals surface area (Å²) in [6.45, 7) is 6.73. The molecule has 3 aromatic rings. The largest absolute Gasteiger partial charge is 0.369 e. The SMILES string of the molecule is Cc1nnc(N2CCC(C(=O)N3CCC(C(N)=O)CC3)CC2)c2nn(-c3ccccc3)c(C)c12. The van der Waals surface area contributed by atoms with Gasteiger partial charge in [0.15, 0.2) is 5.82 Å². The number of benzene rings is 1. The Morgan fingerprint density at radius 3 is 2.21 bits per heavy atom. The molecule has 0 saturated carbocycles. The first kappa shape index (κ1) is 22.3. The van der Waals surface area contributed by atoms with Gasteiger partial charge in [0.2, 0.25) is 11.8 Å². The number of fused-ring (bicyclic) bond motifs is 1. The number of likely N-dealkylation sites (tertiary alicyclic amines) is 1. The van der Waals surface area contributed by atoms with Crippen LogP contribution in [-0.2, 0) is 9.59 Å². The molecule has 9 heteroatoms. The van der Waals surface area contributed by atoms with E-state index in [1.54, 1.807) is 0 Å². The van der Waals surface area contributed by atoms with Gasteiger partial charge in [-0.25, -0.2) is 4.68 Å². The van der Waals surface area contributed by atoms with Crippen molar-refractivity contribution in [3.63, 3.8) is 0 Å². The van der Waals surface area contributed by atoms with Crippen molar-refractivity contribution in [1.29, 1.82) is 0 Å². The molecule has 9 nitrogen and oxygen atoms in total. The second-order valence-electron chi connectivity index (χ2n) is 9.43. The Labute approximate surface area is 198 Å². The molecule has 2 N–H and O–H groups in total. The van der Waals surface area contributed by atoms with E-state index in [4.69, 9.17) is 10.8 Å². The number of rotatable bonds is 4. The Morgan fingerprint density at radius 1 is 0.912 bits per heavy atom. The van der Waals surface area contributed by atoms with Crippen molar-refractivity contribution >= 4 is 28.5 Å². The molecule has 0 radical (unpaired) electrons. The average Bonchev–Trinajstić information content (AvgIpc) is 3.22. The second-order valence-corrected chi connectivity index (χ2v) is 9.43. The highest BCUT2D eigenvalue weighted by molar-refractivity contribution is 5.92. The first-order valence-electron chi connectivity index (χ1n) is 12.0. The number of nitrogens with two attached hydrogens (primary N) is 1. The van der Waals surface area contributed by atoms with Crippen LogP contribution in [0, 0.1) is 25.7 Å². The summed E-state index contributed by atoms with van der Waals surface area (Å²) in [6, 6.07) is 10.1. The van der Waals surface area contributed by atoms with Crippen LogP contribution in [0.25, 0.3) is 16.6 Å². The molecule has 4 heterocycles. The van der Waals surface area contributed by atoms with Gasteiger partial charge in [0.25, 0.3) is 0 Å². The number of anilines is 1. The van der Waals surface area contributed by atoms with Crippen LogP contribution in [-0.4, -0.2) is 62.9 Å². The van der Waals surface area contributed by atoms with Crippen LogP contribution in [0.5, 0.6) is 0 Å². The highest BCUT2D eigenvalue weighted by Crippen LogP contribution is 2.32. The smallest absolute Gasteiger partial charge is 0.225 e. The molecular formula is C25H31N7O2. The van der Waals surface area contributed by atoms with Crippen LogP contribution in [0.3, 0.4) is 0 Å². The van der Waals surface area contributed by atoms with Crippen molar-refractivity contribution in [3.05, 3.63) is 41.7 Å². The summed E-state index contributed by atoms with van der Waals surface area (Å²) in [5.74, 6) is 0.626. The Hall–Kier alpha value is -3.49. The topological polar surface area (TPSA) is 110 Å². The normalized spacial score (nSPS) is 17.9. The van der Waals surface area contributed by atoms with Gasteiger partial charge in [-0.15, -0.1) is 5.10 Å². The molecule has 0 unspecified atom stereocenters. The van der Waals surface area contributed by atoms with E-state index in [-0.39, 0.29) is 23.7 Å². The standard InChI is InChI=1S/C25H31N7O2/c1-16-21-17(2)32(20-6-4-3-5-7-20)29-22(21)24(28-27-16)30-12-10-19(11-13-30)25(34)31-14-8-18(9-15-31)23(26)33/h3-7,18-19H,8-15H2,1-2H3,(H2,26,33). The number of nitrogens with zero attached hydrogens (tertiary/aromatic N) is 6. The molecule has 2 aliphatic heterocycles. The van der Waals surface area contributed by atoms with Crippen molar-refractivity contribution in [2.45, 2.75) is 39.5 Å². The fraction of sp³-hybridized carbons (Fsp3) is 0.480. The van der Waals surface area contributed by atoms with Crippen molar-refractivity contribution in [1.82, 2.24) is 24.9 Å². The van der Waals surface area contributed by atoms with Crippen molar-refractivity contribution in [3.8, 4) is 5.69 Å². The molecule has 2 aliphatic rings. The number of amides is 2. The van der Waals surface area contributed by atoms with Crippen LogP contribution < -0.4 is 10.6 Å². The van der Waals surface area contributed by atoms with E-state index < -0.39 is 0 Å². The Balaban J connectivity index is 1.32. The van der Waals surface area contributed by atoms with Gasteiger partial charge in [0.1, 0.15) is 5.52 Å². The minimum Gasteiger partial charge on any atom is -0.369 e. The zero-order chi connectivity index (χ0) is 23.8. The van der Waals surface area contributed by atoms with Gasteiger partial charge in [-0.3, -0.25) is 9.59 Å². The van der Waals surface area contributed by atoms with E-state index in [9.17, 15) is 9.59 Å². The van der Waals surface area contributed by atoms with Gasteiger partial charge < -0.3 is 15.5 Å². The fourth-order valence-corrected chi connectivity index (χ4v) is 5.33. The first-order valence-corrected chi connectivity index (χ1v) is 12.0. The highest BCUT2D eigenvalue weighted by atomic mass is 16.2. The molecule has 0 bridgehead atoms. The molecule has 0 spiro atoms. The van der Waals surface area contributed by atoms with Gasteiger partial charge in [0.05, 0.1) is 22.5 Å². The first-order chi connectivity index (χ1) is 16.4. The number of para-hydroxylation sites is 1. The number of primary amides is 1. The van der Waals surface area contributed by atoms with Gasteiger partial charge in [-0.1, -0.05) is 18.2 Å². The number of aryl methyl sites for hydroxylation is 2. The third kappa shape index (κ3) is 3.99. The Morgan fingerprint density at radius 2 is 1.56 bits per heavy atom. The number of carbonyl (C=O) groups is 2. The van der Waals surface area contributed by atoms with Crippen molar-refractivity contribution in [2.24, 2.45) is 17.6 Å². The van der Waals surface area contributed by atoms with Crippen LogP contribution in [0.1, 0.15) is 37.1 Å².